The summed E-state index contributed by atoms with van der Waals surface area (Å²) in [6, 6.07) is 1.61. The Labute approximate surface area is 126 Å². The topological polar surface area (TPSA) is 80.5 Å². The van der Waals surface area contributed by atoms with E-state index < -0.39 is 37.2 Å². The molecule has 0 heterocycles. The number of carbonyl (C=O) groups is 1. The monoisotopic (exact) mass is 328 g/mol. The molecule has 110 valence electrons. The van der Waals surface area contributed by atoms with Crippen LogP contribution in [0, 0.1) is 30.5 Å². The maximum atomic E-state index is 13.9. The number of primary sulfonamides is 1. The Hall–Kier alpha value is -2.06. The minimum absolute atomic E-state index is 0.167. The fourth-order valence-corrected chi connectivity index (χ4v) is 2.32. The number of nitrogens with two attached hydrogens (primary N) is 1. The number of sulfonamides is 1. The van der Waals surface area contributed by atoms with Crippen LogP contribution in [0.5, 0.6) is 0 Å². The zero-order valence-corrected chi connectivity index (χ0v) is 12.2. The molecule has 0 aliphatic carbocycles. The largest absolute Gasteiger partial charge is 0.316 e. The van der Waals surface area contributed by atoms with Crippen LogP contribution >= 0.6 is 11.6 Å². The molecular weight excluding hydrogens is 319 g/mol. The van der Waals surface area contributed by atoms with Crippen molar-refractivity contribution in [2.75, 3.05) is 13.1 Å². The van der Waals surface area contributed by atoms with Crippen LogP contribution in [0.2, 0.25) is 5.02 Å². The van der Waals surface area contributed by atoms with Crippen LogP contribution in [0.3, 0.4) is 0 Å². The number of hydrogen-bond donors (Lipinski definition) is 1. The Balaban J connectivity index is 3.42. The molecule has 1 rings (SSSR count). The zero-order chi connectivity index (χ0) is 16.2. The van der Waals surface area contributed by atoms with Crippen LogP contribution in [0.15, 0.2) is 17.0 Å². The van der Waals surface area contributed by atoms with Gasteiger partial charge in [0.2, 0.25) is 10.0 Å². The SMILES string of the molecule is C#CCN(CC#C)C(=O)c1cc(S(N)(=O)=O)cc(Cl)c1F. The lowest BCUT2D eigenvalue weighted by molar-refractivity contribution is 0.0791. The van der Waals surface area contributed by atoms with Gasteiger partial charge in [-0.3, -0.25) is 4.79 Å². The summed E-state index contributed by atoms with van der Waals surface area (Å²) < 4.78 is 36.5. The lowest BCUT2D eigenvalue weighted by Gasteiger charge is -2.18. The van der Waals surface area contributed by atoms with Crippen molar-refractivity contribution < 1.29 is 17.6 Å². The maximum absolute atomic E-state index is 13.9. The van der Waals surface area contributed by atoms with Crippen molar-refractivity contribution >= 4 is 27.5 Å². The number of carbonyl (C=O) groups excluding carboxylic acids is 1. The molecule has 0 atom stereocenters. The highest BCUT2D eigenvalue weighted by atomic mass is 35.5. The number of hydrogen-bond acceptors (Lipinski definition) is 3. The van der Waals surface area contributed by atoms with E-state index in [0.29, 0.717) is 0 Å². The minimum atomic E-state index is -4.15. The standard InChI is InChI=1S/C13H10ClFN2O3S/c1-3-5-17(6-4-2)13(18)10-7-9(21(16,19)20)8-11(14)12(10)15/h1-2,7-8H,5-6H2,(H2,16,19,20). The number of rotatable bonds is 4. The zero-order valence-electron chi connectivity index (χ0n) is 10.6. The van der Waals surface area contributed by atoms with Crippen LogP contribution in [0.4, 0.5) is 4.39 Å². The molecule has 0 saturated heterocycles. The van der Waals surface area contributed by atoms with E-state index in [1.165, 1.54) is 0 Å². The Bertz CT molecular complexity index is 747. The average molecular weight is 329 g/mol. The molecule has 1 amide bonds. The Morgan fingerprint density at radius 2 is 1.86 bits per heavy atom. The van der Waals surface area contributed by atoms with Gasteiger partial charge in [-0.25, -0.2) is 17.9 Å². The fraction of sp³-hybridized carbons (Fsp3) is 0.154. The maximum Gasteiger partial charge on any atom is 0.258 e. The summed E-state index contributed by atoms with van der Waals surface area (Å²) in [5.74, 6) is 2.43. The second-order valence-electron chi connectivity index (χ2n) is 3.88. The molecule has 0 radical (unpaired) electrons. The molecule has 0 unspecified atom stereocenters. The lowest BCUT2D eigenvalue weighted by atomic mass is 10.2. The van der Waals surface area contributed by atoms with Crippen molar-refractivity contribution in [3.05, 3.63) is 28.5 Å². The van der Waals surface area contributed by atoms with E-state index in [-0.39, 0.29) is 13.1 Å². The second-order valence-corrected chi connectivity index (χ2v) is 5.85. The molecule has 1 aromatic carbocycles. The first-order valence-corrected chi connectivity index (χ1v) is 7.32. The van der Waals surface area contributed by atoms with E-state index in [9.17, 15) is 17.6 Å². The van der Waals surface area contributed by atoms with Gasteiger partial charge in [-0.15, -0.1) is 12.8 Å². The number of halogens is 2. The van der Waals surface area contributed by atoms with Gasteiger partial charge in [0, 0.05) is 0 Å². The summed E-state index contributed by atoms with van der Waals surface area (Å²) in [5, 5.41) is 4.39. The van der Waals surface area contributed by atoms with Gasteiger partial charge in [-0.05, 0) is 12.1 Å². The highest BCUT2D eigenvalue weighted by Gasteiger charge is 2.23. The molecule has 0 aliphatic heterocycles. The minimum Gasteiger partial charge on any atom is -0.316 e. The lowest BCUT2D eigenvalue weighted by Crippen LogP contribution is -2.32. The Morgan fingerprint density at radius 3 is 2.29 bits per heavy atom. The first-order valence-electron chi connectivity index (χ1n) is 5.40. The molecule has 21 heavy (non-hydrogen) atoms. The van der Waals surface area contributed by atoms with Gasteiger partial charge in [-0.1, -0.05) is 23.4 Å². The van der Waals surface area contributed by atoms with E-state index in [1.807, 2.05) is 0 Å². The van der Waals surface area contributed by atoms with E-state index in [0.717, 1.165) is 17.0 Å². The van der Waals surface area contributed by atoms with Crippen LogP contribution in [0.1, 0.15) is 10.4 Å². The number of terminal acetylenes is 2. The van der Waals surface area contributed by atoms with Crippen molar-refractivity contribution in [3.8, 4) is 24.7 Å². The predicted molar refractivity (Wildman–Crippen MR) is 76.4 cm³/mol. The van der Waals surface area contributed by atoms with Crippen molar-refractivity contribution in [2.24, 2.45) is 5.14 Å². The van der Waals surface area contributed by atoms with Crippen molar-refractivity contribution in [1.82, 2.24) is 4.90 Å². The van der Waals surface area contributed by atoms with Gasteiger partial charge in [0.05, 0.1) is 28.6 Å². The number of benzene rings is 1. The van der Waals surface area contributed by atoms with Gasteiger partial charge >= 0.3 is 0 Å². The third-order valence-electron chi connectivity index (χ3n) is 2.41. The average Bonchev–Trinajstić information content (AvgIpc) is 2.39. The van der Waals surface area contributed by atoms with Gasteiger partial charge in [0.1, 0.15) is 0 Å². The van der Waals surface area contributed by atoms with Gasteiger partial charge in [0.25, 0.3) is 5.91 Å². The second kappa shape index (κ2) is 6.59. The summed E-state index contributed by atoms with van der Waals surface area (Å²) in [6.45, 7) is -0.334. The molecule has 0 aromatic heterocycles. The summed E-state index contributed by atoms with van der Waals surface area (Å²) in [7, 11) is -4.15. The quantitative estimate of drug-likeness (QED) is 0.831. The van der Waals surface area contributed by atoms with Crippen molar-refractivity contribution in [3.63, 3.8) is 0 Å². The van der Waals surface area contributed by atoms with Crippen LogP contribution in [-0.2, 0) is 10.0 Å². The van der Waals surface area contributed by atoms with E-state index in [1.54, 1.807) is 0 Å². The molecule has 2 N–H and O–H groups in total. The summed E-state index contributed by atoms with van der Waals surface area (Å²) >= 11 is 5.58. The molecule has 0 bridgehead atoms. The van der Waals surface area contributed by atoms with E-state index >= 15 is 0 Å². The first kappa shape index (κ1) is 17.0. The first-order chi connectivity index (χ1) is 9.72. The van der Waals surface area contributed by atoms with Gasteiger partial charge in [0.15, 0.2) is 5.82 Å². The van der Waals surface area contributed by atoms with Gasteiger partial charge in [-0.2, -0.15) is 0 Å². The number of nitrogens with zero attached hydrogens (tertiary/aromatic N) is 1. The molecule has 0 saturated carbocycles. The number of amides is 1. The van der Waals surface area contributed by atoms with Crippen LogP contribution in [-0.4, -0.2) is 32.3 Å². The summed E-state index contributed by atoms with van der Waals surface area (Å²) in [4.78, 5) is 12.7. The Kier molecular flexibility index (Phi) is 5.34. The normalized spacial score (nSPS) is 10.5. The smallest absolute Gasteiger partial charge is 0.258 e. The van der Waals surface area contributed by atoms with Crippen molar-refractivity contribution in [1.29, 1.82) is 0 Å². The van der Waals surface area contributed by atoms with E-state index in [2.05, 4.69) is 11.8 Å². The molecule has 0 fully saturated rings. The van der Waals surface area contributed by atoms with Crippen LogP contribution < -0.4 is 5.14 Å². The molecule has 0 aliphatic rings. The predicted octanol–water partition coefficient (Wildman–Crippen LogP) is 0.835. The van der Waals surface area contributed by atoms with Crippen LogP contribution in [0.25, 0.3) is 0 Å². The molecular formula is C13H10ClFN2O3S. The molecule has 8 heteroatoms. The molecule has 5 nitrogen and oxygen atoms in total. The van der Waals surface area contributed by atoms with Gasteiger partial charge < -0.3 is 4.90 Å². The highest BCUT2D eigenvalue weighted by Crippen LogP contribution is 2.24. The third kappa shape index (κ3) is 3.96. The molecule has 1 aromatic rings. The van der Waals surface area contributed by atoms with E-state index in [4.69, 9.17) is 29.6 Å². The highest BCUT2D eigenvalue weighted by molar-refractivity contribution is 7.89. The fourth-order valence-electron chi connectivity index (χ4n) is 1.47. The summed E-state index contributed by atoms with van der Waals surface area (Å²) in [5.41, 5.74) is -0.572. The third-order valence-corrected chi connectivity index (χ3v) is 3.58. The molecule has 0 spiro atoms. The van der Waals surface area contributed by atoms with Crippen molar-refractivity contribution in [2.45, 2.75) is 4.90 Å². The Morgan fingerprint density at radius 1 is 1.33 bits per heavy atom. The summed E-state index contributed by atoms with van der Waals surface area (Å²) in [6.07, 6.45) is 10.2.